The van der Waals surface area contributed by atoms with Gasteiger partial charge in [0.15, 0.2) is 0 Å². The Hall–Kier alpha value is -2.20. The fraction of sp³-hybridized carbons (Fsp3) is 0.263. The largest absolute Gasteiger partial charge is 0.320 e. The molecule has 0 fully saturated rings. The van der Waals surface area contributed by atoms with Crippen molar-refractivity contribution in [2.24, 2.45) is 0 Å². The molecule has 0 bridgehead atoms. The average Bonchev–Trinajstić information content (AvgIpc) is 3.04. The minimum atomic E-state index is -0.0613. The van der Waals surface area contributed by atoms with E-state index in [1.165, 1.54) is 24.1 Å². The summed E-state index contributed by atoms with van der Waals surface area (Å²) < 4.78 is 0. The predicted octanol–water partition coefficient (Wildman–Crippen LogP) is 5.28. The van der Waals surface area contributed by atoms with E-state index in [4.69, 9.17) is 0 Å². The molecular weight excluding hydrogens is 304 g/mol. The van der Waals surface area contributed by atoms with E-state index >= 15 is 0 Å². The first kappa shape index (κ1) is 15.7. The van der Waals surface area contributed by atoms with Crippen LogP contribution in [0.3, 0.4) is 0 Å². The summed E-state index contributed by atoms with van der Waals surface area (Å²) >= 11 is 1.58. The van der Waals surface area contributed by atoms with Crippen LogP contribution in [-0.2, 0) is 6.42 Å². The van der Waals surface area contributed by atoms with E-state index in [9.17, 15) is 4.79 Å². The smallest absolute Gasteiger partial charge is 0.265 e. The van der Waals surface area contributed by atoms with Crippen molar-refractivity contribution >= 4 is 33.8 Å². The lowest BCUT2D eigenvalue weighted by Gasteiger charge is -2.04. The summed E-state index contributed by atoms with van der Waals surface area (Å²) in [6.45, 7) is 2.20. The molecule has 0 radical (unpaired) electrons. The molecule has 23 heavy (non-hydrogen) atoms. The predicted molar refractivity (Wildman–Crippen MR) is 97.2 cm³/mol. The van der Waals surface area contributed by atoms with Crippen molar-refractivity contribution in [3.05, 3.63) is 58.4 Å². The quantitative estimate of drug-likeness (QED) is 0.627. The molecule has 1 N–H and O–H groups in total. The van der Waals surface area contributed by atoms with Gasteiger partial charge in [0.1, 0.15) is 0 Å². The third-order valence-electron chi connectivity index (χ3n) is 3.76. The number of aryl methyl sites for hydroxylation is 1. The maximum absolute atomic E-state index is 12.4. The zero-order chi connectivity index (χ0) is 16.1. The van der Waals surface area contributed by atoms with Crippen LogP contribution in [0.4, 0.5) is 5.69 Å². The van der Waals surface area contributed by atoms with Gasteiger partial charge in [0, 0.05) is 10.3 Å². The highest BCUT2D eigenvalue weighted by atomic mass is 32.1. The Balaban J connectivity index is 1.68. The van der Waals surface area contributed by atoms with E-state index in [0.29, 0.717) is 0 Å². The average molecular weight is 324 g/mol. The number of pyridine rings is 1. The van der Waals surface area contributed by atoms with Gasteiger partial charge in [-0.25, -0.2) is 0 Å². The number of carbonyl (C=O) groups is 1. The third-order valence-corrected chi connectivity index (χ3v) is 4.90. The minimum absolute atomic E-state index is 0.0613. The molecule has 0 aliphatic rings. The number of hydrogen-bond acceptors (Lipinski definition) is 3. The van der Waals surface area contributed by atoms with Crippen LogP contribution < -0.4 is 5.32 Å². The number of amides is 1. The molecule has 0 atom stereocenters. The first-order valence-electron chi connectivity index (χ1n) is 8.01. The van der Waals surface area contributed by atoms with Crippen molar-refractivity contribution < 1.29 is 4.79 Å². The highest BCUT2D eigenvalue weighted by Crippen LogP contribution is 2.21. The van der Waals surface area contributed by atoms with Gasteiger partial charge in [0.2, 0.25) is 0 Å². The van der Waals surface area contributed by atoms with Crippen molar-refractivity contribution in [1.82, 2.24) is 4.98 Å². The van der Waals surface area contributed by atoms with Gasteiger partial charge < -0.3 is 5.32 Å². The zero-order valence-corrected chi connectivity index (χ0v) is 14.0. The van der Waals surface area contributed by atoms with Crippen molar-refractivity contribution in [2.75, 3.05) is 5.32 Å². The number of aromatic nitrogens is 1. The molecule has 0 unspecified atom stereocenters. The first-order chi connectivity index (χ1) is 11.3. The monoisotopic (exact) mass is 324 g/mol. The topological polar surface area (TPSA) is 42.0 Å². The van der Waals surface area contributed by atoms with Gasteiger partial charge in [-0.2, -0.15) is 0 Å². The van der Waals surface area contributed by atoms with Crippen LogP contribution in [0.2, 0.25) is 0 Å². The summed E-state index contributed by atoms with van der Waals surface area (Å²) in [6.07, 6.45) is 6.40. The van der Waals surface area contributed by atoms with Crippen LogP contribution in [0, 0.1) is 0 Å². The van der Waals surface area contributed by atoms with Gasteiger partial charge in [0.05, 0.1) is 22.3 Å². The highest BCUT2D eigenvalue weighted by molar-refractivity contribution is 7.14. The Morgan fingerprint density at radius 1 is 1.17 bits per heavy atom. The summed E-state index contributed by atoms with van der Waals surface area (Å²) in [5.41, 5.74) is 1.66. The first-order valence-corrected chi connectivity index (χ1v) is 8.83. The van der Waals surface area contributed by atoms with E-state index in [1.807, 2.05) is 36.4 Å². The number of benzene rings is 1. The van der Waals surface area contributed by atoms with Crippen LogP contribution in [0.25, 0.3) is 10.9 Å². The second kappa shape index (κ2) is 7.38. The van der Waals surface area contributed by atoms with Crippen LogP contribution in [0.1, 0.15) is 40.7 Å². The molecule has 0 aliphatic heterocycles. The van der Waals surface area contributed by atoms with Gasteiger partial charge in [-0.05, 0) is 37.1 Å². The lowest BCUT2D eigenvalue weighted by Crippen LogP contribution is -2.10. The van der Waals surface area contributed by atoms with E-state index in [2.05, 4.69) is 23.3 Å². The molecule has 3 rings (SSSR count). The fourth-order valence-corrected chi connectivity index (χ4v) is 3.46. The molecular formula is C19H20N2OS. The molecule has 1 amide bonds. The van der Waals surface area contributed by atoms with Gasteiger partial charge >= 0.3 is 0 Å². The molecule has 1 aromatic carbocycles. The summed E-state index contributed by atoms with van der Waals surface area (Å²) in [5, 5.41) is 3.96. The lowest BCUT2D eigenvalue weighted by atomic mass is 10.2. The van der Waals surface area contributed by atoms with Gasteiger partial charge in [-0.15, -0.1) is 11.3 Å². The maximum atomic E-state index is 12.4. The molecule has 3 aromatic rings. The van der Waals surface area contributed by atoms with Crippen molar-refractivity contribution in [3.8, 4) is 0 Å². The number of unbranched alkanes of at least 4 members (excludes halogenated alkanes) is 2. The maximum Gasteiger partial charge on any atom is 0.265 e. The molecule has 3 nitrogen and oxygen atoms in total. The molecule has 2 aromatic heterocycles. The number of hydrogen-bond donors (Lipinski definition) is 1. The number of carbonyl (C=O) groups excluding carboxylic acids is 1. The number of nitrogens with one attached hydrogen (secondary N) is 1. The Labute approximate surface area is 140 Å². The number of fused-ring (bicyclic) bond motifs is 1. The number of rotatable bonds is 6. The summed E-state index contributed by atoms with van der Waals surface area (Å²) in [4.78, 5) is 18.8. The summed E-state index contributed by atoms with van der Waals surface area (Å²) in [7, 11) is 0. The Morgan fingerprint density at radius 3 is 2.91 bits per heavy atom. The van der Waals surface area contributed by atoms with Crippen LogP contribution in [0.15, 0.2) is 48.7 Å². The molecule has 0 saturated carbocycles. The SMILES string of the molecule is CCCCCc1ccc(C(=O)Nc2cnc3ccccc3c2)s1. The van der Waals surface area contributed by atoms with E-state index < -0.39 is 0 Å². The Morgan fingerprint density at radius 2 is 2.04 bits per heavy atom. The van der Waals surface area contributed by atoms with E-state index in [1.54, 1.807) is 17.5 Å². The second-order valence-electron chi connectivity index (χ2n) is 5.59. The van der Waals surface area contributed by atoms with Gasteiger partial charge in [-0.3, -0.25) is 9.78 Å². The number of nitrogens with zero attached hydrogens (tertiary/aromatic N) is 1. The molecule has 2 heterocycles. The van der Waals surface area contributed by atoms with Crippen LogP contribution >= 0.6 is 11.3 Å². The van der Waals surface area contributed by atoms with Crippen molar-refractivity contribution in [2.45, 2.75) is 32.6 Å². The zero-order valence-electron chi connectivity index (χ0n) is 13.2. The van der Waals surface area contributed by atoms with Crippen LogP contribution in [-0.4, -0.2) is 10.9 Å². The number of para-hydroxylation sites is 1. The minimum Gasteiger partial charge on any atom is -0.320 e. The normalized spacial score (nSPS) is 10.8. The van der Waals surface area contributed by atoms with Crippen molar-refractivity contribution in [3.63, 3.8) is 0 Å². The van der Waals surface area contributed by atoms with Crippen LogP contribution in [0.5, 0.6) is 0 Å². The standard InChI is InChI=1S/C19H20N2OS/c1-2-3-4-8-16-10-11-18(23-16)19(22)21-15-12-14-7-5-6-9-17(14)20-13-15/h5-7,9-13H,2-4,8H2,1H3,(H,21,22). The van der Waals surface area contributed by atoms with Gasteiger partial charge in [0.25, 0.3) is 5.91 Å². The number of thiophene rings is 1. The van der Waals surface area contributed by atoms with E-state index in [-0.39, 0.29) is 5.91 Å². The summed E-state index contributed by atoms with van der Waals surface area (Å²) in [5.74, 6) is -0.0613. The van der Waals surface area contributed by atoms with Crippen molar-refractivity contribution in [1.29, 1.82) is 0 Å². The second-order valence-corrected chi connectivity index (χ2v) is 6.76. The van der Waals surface area contributed by atoms with Gasteiger partial charge in [-0.1, -0.05) is 38.0 Å². The lowest BCUT2D eigenvalue weighted by molar-refractivity contribution is 0.103. The van der Waals surface area contributed by atoms with E-state index in [0.717, 1.165) is 27.9 Å². The Kier molecular flexibility index (Phi) is 5.03. The molecule has 0 aliphatic carbocycles. The number of anilines is 1. The highest BCUT2D eigenvalue weighted by Gasteiger charge is 2.10. The molecule has 0 spiro atoms. The summed E-state index contributed by atoms with van der Waals surface area (Å²) in [6, 6.07) is 13.8. The third kappa shape index (κ3) is 3.96. The molecule has 118 valence electrons. The Bertz CT molecular complexity index is 810. The molecule has 0 saturated heterocycles. The fourth-order valence-electron chi connectivity index (χ4n) is 2.52. The molecule has 4 heteroatoms.